The molecule has 3 aromatic heterocycles. The number of hydrogen-bond donors (Lipinski definition) is 2. The van der Waals surface area contributed by atoms with Gasteiger partial charge in [-0.1, -0.05) is 84.9 Å². The highest BCUT2D eigenvalue weighted by Crippen LogP contribution is 2.34. The Morgan fingerprint density at radius 3 is 2.31 bits per heavy atom. The van der Waals surface area contributed by atoms with Crippen LogP contribution in [0.2, 0.25) is 5.02 Å². The van der Waals surface area contributed by atoms with Crippen LogP contribution in [0.25, 0.3) is 21.0 Å². The number of piperidine rings is 2. The van der Waals surface area contributed by atoms with Crippen molar-refractivity contribution in [1.29, 1.82) is 0 Å². The second-order valence-electron chi connectivity index (χ2n) is 20.5. The number of carbonyl (C=O) groups excluding carboxylic acids is 3. The number of hydrogen-bond acceptors (Lipinski definition) is 10. The van der Waals surface area contributed by atoms with Crippen LogP contribution < -0.4 is 5.32 Å². The number of nitrogens with zero attached hydrogens (tertiary/aromatic N) is 8. The number of nitrogens with one attached hydrogen (secondary N) is 1. The number of aliphatic hydroxyl groups excluding tert-OH is 1. The highest BCUT2D eigenvalue weighted by Gasteiger charge is 2.44. The fourth-order valence-electron chi connectivity index (χ4n) is 10.9. The van der Waals surface area contributed by atoms with Crippen LogP contribution in [0.1, 0.15) is 115 Å². The van der Waals surface area contributed by atoms with Crippen molar-refractivity contribution in [2.75, 3.05) is 32.7 Å². The molecule has 16 heteroatoms. The molecule has 3 aliphatic heterocycles. The quantitative estimate of drug-likeness (QED) is 0.0850. The van der Waals surface area contributed by atoms with Crippen molar-refractivity contribution in [3.63, 3.8) is 0 Å². The average Bonchev–Trinajstić information content (AvgIpc) is 4.20. The number of likely N-dealkylation sites (tertiary alicyclic amines) is 3. The SMILES string of the molecule is [C-]#[N+]c1ccc(-n2nc(C)c(Cc3ccc(C#CC4CCN(C5CCN(C(=O)C[C@H](NC(=O)[C@@H]6C[C@@H](O)CN6C(=O)[C@@H](c6cc(C)no6)C(C)C)c6ccc(-c7scnc7C)cc6)CC5)CC4)cc3)c2C)cc1Cl. The summed E-state index contributed by atoms with van der Waals surface area (Å²) < 4.78 is 7.43. The molecular weight excluding hydrogens is 970 g/mol. The molecule has 3 aliphatic rings. The van der Waals surface area contributed by atoms with E-state index in [9.17, 15) is 19.5 Å². The van der Waals surface area contributed by atoms with Gasteiger partial charge < -0.3 is 29.6 Å². The van der Waals surface area contributed by atoms with Crippen LogP contribution in [-0.2, 0) is 20.8 Å². The molecule has 74 heavy (non-hydrogen) atoms. The summed E-state index contributed by atoms with van der Waals surface area (Å²) in [6.45, 7) is 22.2. The minimum Gasteiger partial charge on any atom is -0.391 e. The number of benzene rings is 3. The summed E-state index contributed by atoms with van der Waals surface area (Å²) in [7, 11) is 0. The fourth-order valence-corrected chi connectivity index (χ4v) is 11.9. The molecule has 0 unspecified atom stereocenters. The van der Waals surface area contributed by atoms with Gasteiger partial charge in [-0.05, 0) is 113 Å². The number of rotatable bonds is 13. The summed E-state index contributed by atoms with van der Waals surface area (Å²) in [5, 5.41) is 23.3. The summed E-state index contributed by atoms with van der Waals surface area (Å²) in [6, 6.07) is 22.3. The summed E-state index contributed by atoms with van der Waals surface area (Å²) in [5.74, 6) is 6.19. The minimum absolute atomic E-state index is 0.0202. The first kappa shape index (κ1) is 52.3. The van der Waals surface area contributed by atoms with E-state index in [0.717, 1.165) is 95.1 Å². The van der Waals surface area contributed by atoms with E-state index in [2.05, 4.69) is 68.2 Å². The normalized spacial score (nSPS) is 18.5. The maximum atomic E-state index is 14.4. The predicted octanol–water partition coefficient (Wildman–Crippen LogP) is 9.72. The molecule has 6 aromatic rings. The van der Waals surface area contributed by atoms with Gasteiger partial charge in [0.15, 0.2) is 0 Å². The van der Waals surface area contributed by atoms with Gasteiger partial charge in [-0.3, -0.25) is 14.4 Å². The summed E-state index contributed by atoms with van der Waals surface area (Å²) in [4.78, 5) is 57.7. The number of β-amino-alcohol motifs (C(OH)–C–C–N with tert-alkyl or cyclic N) is 1. The van der Waals surface area contributed by atoms with Gasteiger partial charge in [-0.15, -0.1) is 11.3 Å². The molecule has 0 radical (unpaired) electrons. The molecule has 14 nitrogen and oxygen atoms in total. The van der Waals surface area contributed by atoms with Crippen LogP contribution in [0.15, 0.2) is 82.8 Å². The van der Waals surface area contributed by atoms with Gasteiger partial charge in [-0.2, -0.15) is 5.10 Å². The van der Waals surface area contributed by atoms with Gasteiger partial charge >= 0.3 is 0 Å². The molecular formula is C58H64ClN9O5S. The molecule has 384 valence electrons. The second-order valence-corrected chi connectivity index (χ2v) is 21.8. The molecule has 0 bridgehead atoms. The lowest BCUT2D eigenvalue weighted by atomic mass is 9.91. The standard InChI is InChI=1S/C58H64ClN9O5S/c1-35(2)55(53-28-36(3)64-73-53)58(72)67-33-47(69)31-52(67)57(71)62-51(43-14-16-44(17-15-43)56-38(5)61-34-74-56)32-54(70)66-26-22-45(23-27-66)65-24-20-41(21-25-65)9-8-40-10-12-42(13-11-40)29-48-37(4)63-68(39(48)6)46-18-19-50(60-7)49(59)30-46/h10-19,28,30,34-35,41,45,47,51-52,55,69H,20-27,29,31-33H2,1-6H3,(H,62,71)/t47-,51+,52+,55-/m1/s1. The maximum absolute atomic E-state index is 14.4. The zero-order valence-corrected chi connectivity index (χ0v) is 44.5. The number of aryl methyl sites for hydroxylation is 3. The van der Waals surface area contributed by atoms with E-state index >= 15 is 0 Å². The van der Waals surface area contributed by atoms with Crippen LogP contribution in [0, 0.1) is 57.9 Å². The van der Waals surface area contributed by atoms with Gasteiger partial charge in [0.1, 0.15) is 17.7 Å². The molecule has 0 spiro atoms. The first-order valence-electron chi connectivity index (χ1n) is 25.7. The third-order valence-corrected chi connectivity index (χ3v) is 16.4. The third-order valence-electron chi connectivity index (χ3n) is 15.1. The van der Waals surface area contributed by atoms with E-state index in [4.69, 9.17) is 27.8 Å². The Labute approximate surface area is 442 Å². The Bertz CT molecular complexity index is 3090. The zero-order chi connectivity index (χ0) is 52.2. The van der Waals surface area contributed by atoms with Crippen LogP contribution in [0.5, 0.6) is 0 Å². The highest BCUT2D eigenvalue weighted by atomic mass is 35.5. The number of amides is 3. The first-order valence-corrected chi connectivity index (χ1v) is 27.0. The van der Waals surface area contributed by atoms with Crippen LogP contribution in [0.3, 0.4) is 0 Å². The van der Waals surface area contributed by atoms with Crippen LogP contribution in [0.4, 0.5) is 5.69 Å². The molecule has 3 amide bonds. The van der Waals surface area contributed by atoms with E-state index in [1.165, 1.54) is 10.5 Å². The zero-order valence-electron chi connectivity index (χ0n) is 43.0. The summed E-state index contributed by atoms with van der Waals surface area (Å²) in [5.41, 5.74) is 11.8. The molecule has 0 aliphatic carbocycles. The lowest BCUT2D eigenvalue weighted by Crippen LogP contribution is -2.50. The molecule has 4 atom stereocenters. The van der Waals surface area contributed by atoms with Crippen LogP contribution >= 0.6 is 22.9 Å². The Hall–Kier alpha value is -6.62. The first-order chi connectivity index (χ1) is 35.6. The lowest BCUT2D eigenvalue weighted by molar-refractivity contribution is -0.141. The average molecular weight is 1030 g/mol. The highest BCUT2D eigenvalue weighted by molar-refractivity contribution is 7.13. The van der Waals surface area contributed by atoms with Gasteiger partial charge in [0.2, 0.25) is 23.4 Å². The maximum Gasteiger partial charge on any atom is 0.243 e. The van der Waals surface area contributed by atoms with Gasteiger partial charge in [0.25, 0.3) is 0 Å². The molecule has 3 aromatic carbocycles. The topological polar surface area (TPSA) is 154 Å². The monoisotopic (exact) mass is 1030 g/mol. The fraction of sp³-hybridized carbons (Fsp3) is 0.431. The lowest BCUT2D eigenvalue weighted by Gasteiger charge is -2.41. The molecule has 2 N–H and O–H groups in total. The number of aromatic nitrogens is 4. The Balaban J connectivity index is 0.790. The number of thiazole rings is 1. The van der Waals surface area contributed by atoms with Gasteiger partial charge in [0, 0.05) is 72.3 Å². The van der Waals surface area contributed by atoms with Crippen molar-refractivity contribution in [3.05, 3.63) is 146 Å². The number of aliphatic hydroxyl groups is 1. The van der Waals surface area contributed by atoms with Gasteiger partial charge in [-0.25, -0.2) is 14.5 Å². The van der Waals surface area contributed by atoms with E-state index < -0.39 is 30.0 Å². The molecule has 3 saturated heterocycles. The Morgan fingerprint density at radius 2 is 1.68 bits per heavy atom. The largest absolute Gasteiger partial charge is 0.391 e. The smallest absolute Gasteiger partial charge is 0.243 e. The molecule has 3 fully saturated rings. The molecule has 0 saturated carbocycles. The number of halogens is 1. The van der Waals surface area contributed by atoms with Crippen molar-refractivity contribution < 1.29 is 24.0 Å². The van der Waals surface area contributed by atoms with Crippen molar-refractivity contribution >= 4 is 46.3 Å². The predicted molar refractivity (Wildman–Crippen MR) is 287 cm³/mol. The summed E-state index contributed by atoms with van der Waals surface area (Å²) in [6.07, 6.45) is 3.76. The third kappa shape index (κ3) is 11.7. The van der Waals surface area contributed by atoms with Gasteiger partial charge in [0.05, 0.1) is 58.3 Å². The minimum atomic E-state index is -0.926. The Morgan fingerprint density at radius 1 is 0.946 bits per heavy atom. The van der Waals surface area contributed by atoms with E-state index in [1.54, 1.807) is 36.5 Å². The van der Waals surface area contributed by atoms with E-state index in [-0.39, 0.29) is 37.1 Å². The van der Waals surface area contributed by atoms with Crippen molar-refractivity contribution in [2.45, 2.75) is 117 Å². The molecule has 6 heterocycles. The number of carbonyl (C=O) groups is 3. The summed E-state index contributed by atoms with van der Waals surface area (Å²) >= 11 is 7.90. The Kier molecular flexibility index (Phi) is 16.2. The van der Waals surface area contributed by atoms with E-state index in [0.29, 0.717) is 47.2 Å². The van der Waals surface area contributed by atoms with Crippen molar-refractivity contribution in [3.8, 4) is 28.0 Å². The van der Waals surface area contributed by atoms with Crippen molar-refractivity contribution in [1.82, 2.24) is 39.9 Å². The van der Waals surface area contributed by atoms with E-state index in [1.807, 2.05) is 73.1 Å². The van der Waals surface area contributed by atoms with Crippen molar-refractivity contribution in [2.24, 2.45) is 11.8 Å². The second kappa shape index (κ2) is 22.9. The molecule has 9 rings (SSSR count). The van der Waals surface area contributed by atoms with Crippen LogP contribution in [-0.4, -0.2) is 108 Å².